The van der Waals surface area contributed by atoms with E-state index in [2.05, 4.69) is 60.6 Å². The molecule has 0 amide bonds. The van der Waals surface area contributed by atoms with Crippen molar-refractivity contribution < 1.29 is 0 Å². The number of aromatic nitrogens is 2. The van der Waals surface area contributed by atoms with Crippen LogP contribution in [-0.4, -0.2) is 40.8 Å². The van der Waals surface area contributed by atoms with Gasteiger partial charge in [-0.1, -0.05) is 19.9 Å². The fourth-order valence-corrected chi connectivity index (χ4v) is 3.73. The molecule has 0 aliphatic rings. The molecule has 0 atom stereocenters. The van der Waals surface area contributed by atoms with Crippen molar-refractivity contribution >= 4 is 17.3 Å². The lowest BCUT2D eigenvalue weighted by Crippen LogP contribution is -2.39. The van der Waals surface area contributed by atoms with Crippen LogP contribution in [0.25, 0.3) is 0 Å². The molecule has 0 spiro atoms. The Hall–Kier alpha value is -1.82. The van der Waals surface area contributed by atoms with Crippen LogP contribution in [0.15, 0.2) is 22.5 Å². The van der Waals surface area contributed by atoms with Gasteiger partial charge in [-0.05, 0) is 37.6 Å². The molecule has 0 aliphatic carbocycles. The fourth-order valence-electron chi connectivity index (χ4n) is 3.03. The van der Waals surface area contributed by atoms with E-state index in [-0.39, 0.29) is 0 Å². The Morgan fingerprint density at radius 3 is 2.72 bits per heavy atom. The molecule has 0 bridgehead atoms. The molecule has 0 unspecified atom stereocenters. The number of aryl methyl sites for hydroxylation is 2. The standard InChI is InChI=1S/C19H31N5S/c1-6-17-16(18(7-2)24(5)22-17)14-21-19(20-8-3)23(4)12-11-15-10-9-13-25-15/h9-10,13H,6-8,11-12,14H2,1-5H3,(H,20,21). The molecule has 0 saturated heterocycles. The molecule has 0 aliphatic heterocycles. The number of aliphatic imine (C=N–C) groups is 1. The third kappa shape index (κ3) is 5.08. The Bertz CT molecular complexity index is 672. The third-order valence-electron chi connectivity index (χ3n) is 4.38. The molecule has 1 N–H and O–H groups in total. The van der Waals surface area contributed by atoms with Crippen molar-refractivity contribution in [3.8, 4) is 0 Å². The van der Waals surface area contributed by atoms with E-state index in [9.17, 15) is 0 Å². The summed E-state index contributed by atoms with van der Waals surface area (Å²) in [6.07, 6.45) is 2.98. The number of guanidine groups is 1. The number of hydrogen-bond donors (Lipinski definition) is 1. The summed E-state index contributed by atoms with van der Waals surface area (Å²) in [5.74, 6) is 0.965. The average molecular weight is 362 g/mol. The molecule has 2 aromatic heterocycles. The lowest BCUT2D eigenvalue weighted by atomic mass is 10.1. The monoisotopic (exact) mass is 361 g/mol. The minimum Gasteiger partial charge on any atom is -0.357 e. The van der Waals surface area contributed by atoms with Crippen molar-refractivity contribution in [2.75, 3.05) is 20.1 Å². The summed E-state index contributed by atoms with van der Waals surface area (Å²) < 4.78 is 2.01. The maximum atomic E-state index is 4.90. The molecule has 0 saturated carbocycles. The highest BCUT2D eigenvalue weighted by molar-refractivity contribution is 7.09. The predicted octanol–water partition coefficient (Wildman–Crippen LogP) is 3.25. The first-order chi connectivity index (χ1) is 12.1. The van der Waals surface area contributed by atoms with Crippen LogP contribution in [0.5, 0.6) is 0 Å². The number of hydrogen-bond acceptors (Lipinski definition) is 3. The molecule has 0 fully saturated rings. The van der Waals surface area contributed by atoms with Gasteiger partial charge < -0.3 is 10.2 Å². The molecule has 2 heterocycles. The van der Waals surface area contributed by atoms with Gasteiger partial charge >= 0.3 is 0 Å². The van der Waals surface area contributed by atoms with Gasteiger partial charge in [-0.25, -0.2) is 4.99 Å². The molecule has 138 valence electrons. The van der Waals surface area contributed by atoms with Gasteiger partial charge in [0.15, 0.2) is 5.96 Å². The number of likely N-dealkylation sites (N-methyl/N-ethyl adjacent to an activating group) is 1. The first-order valence-corrected chi connectivity index (χ1v) is 10.0. The SMILES string of the molecule is CCNC(=NCc1c(CC)nn(C)c1CC)N(C)CCc1cccs1. The number of nitrogens with zero attached hydrogens (tertiary/aromatic N) is 4. The summed E-state index contributed by atoms with van der Waals surface area (Å²) in [5.41, 5.74) is 3.74. The Morgan fingerprint density at radius 1 is 1.32 bits per heavy atom. The minimum atomic E-state index is 0.686. The van der Waals surface area contributed by atoms with Crippen molar-refractivity contribution in [3.63, 3.8) is 0 Å². The Balaban J connectivity index is 2.11. The van der Waals surface area contributed by atoms with Crippen LogP contribution in [0.4, 0.5) is 0 Å². The van der Waals surface area contributed by atoms with E-state index >= 15 is 0 Å². The van der Waals surface area contributed by atoms with Crippen LogP contribution in [0.2, 0.25) is 0 Å². The van der Waals surface area contributed by atoms with Gasteiger partial charge in [-0.3, -0.25) is 4.68 Å². The van der Waals surface area contributed by atoms with Gasteiger partial charge in [-0.2, -0.15) is 5.10 Å². The smallest absolute Gasteiger partial charge is 0.193 e. The summed E-state index contributed by atoms with van der Waals surface area (Å²) in [6, 6.07) is 4.31. The minimum absolute atomic E-state index is 0.686. The topological polar surface area (TPSA) is 45.5 Å². The maximum Gasteiger partial charge on any atom is 0.193 e. The Morgan fingerprint density at radius 2 is 2.12 bits per heavy atom. The molecule has 2 rings (SSSR count). The Labute approximate surface area is 155 Å². The maximum absolute atomic E-state index is 4.90. The highest BCUT2D eigenvalue weighted by atomic mass is 32.1. The number of nitrogens with one attached hydrogen (secondary N) is 1. The van der Waals surface area contributed by atoms with Gasteiger partial charge in [0, 0.05) is 43.3 Å². The highest BCUT2D eigenvalue weighted by Gasteiger charge is 2.14. The van der Waals surface area contributed by atoms with E-state index in [0.29, 0.717) is 6.54 Å². The van der Waals surface area contributed by atoms with E-state index in [1.807, 2.05) is 23.1 Å². The molecule has 6 heteroatoms. The zero-order valence-electron chi connectivity index (χ0n) is 16.2. The number of rotatable bonds is 8. The van der Waals surface area contributed by atoms with E-state index in [1.165, 1.54) is 21.8 Å². The average Bonchev–Trinajstić information content (AvgIpc) is 3.23. The lowest BCUT2D eigenvalue weighted by Gasteiger charge is -2.22. The normalized spacial score (nSPS) is 11.8. The quantitative estimate of drug-likeness (QED) is 0.580. The van der Waals surface area contributed by atoms with Gasteiger partial charge in [0.1, 0.15) is 0 Å². The zero-order chi connectivity index (χ0) is 18.2. The summed E-state index contributed by atoms with van der Waals surface area (Å²) >= 11 is 1.81. The molecular formula is C19H31N5S. The molecular weight excluding hydrogens is 330 g/mol. The van der Waals surface area contributed by atoms with Crippen LogP contribution >= 0.6 is 11.3 Å². The summed E-state index contributed by atoms with van der Waals surface area (Å²) in [5, 5.41) is 10.2. The molecule has 25 heavy (non-hydrogen) atoms. The fraction of sp³-hybridized carbons (Fsp3) is 0.579. The predicted molar refractivity (Wildman–Crippen MR) is 107 cm³/mol. The summed E-state index contributed by atoms with van der Waals surface area (Å²) in [4.78, 5) is 8.53. The van der Waals surface area contributed by atoms with Gasteiger partial charge in [0.2, 0.25) is 0 Å². The van der Waals surface area contributed by atoms with Gasteiger partial charge in [0.25, 0.3) is 0 Å². The van der Waals surface area contributed by atoms with E-state index in [1.54, 1.807) is 0 Å². The third-order valence-corrected chi connectivity index (χ3v) is 5.32. The van der Waals surface area contributed by atoms with E-state index in [0.717, 1.165) is 38.3 Å². The van der Waals surface area contributed by atoms with E-state index < -0.39 is 0 Å². The molecule has 0 radical (unpaired) electrons. The zero-order valence-corrected chi connectivity index (χ0v) is 17.0. The van der Waals surface area contributed by atoms with Crippen LogP contribution in [0.3, 0.4) is 0 Å². The van der Waals surface area contributed by atoms with Crippen molar-refractivity contribution in [2.24, 2.45) is 12.0 Å². The first kappa shape index (κ1) is 19.5. The number of thiophene rings is 1. The second-order valence-corrected chi connectivity index (χ2v) is 7.16. The molecule has 5 nitrogen and oxygen atoms in total. The van der Waals surface area contributed by atoms with Gasteiger partial charge in [0.05, 0.1) is 12.2 Å². The molecule has 0 aromatic carbocycles. The highest BCUT2D eigenvalue weighted by Crippen LogP contribution is 2.17. The molecule has 2 aromatic rings. The van der Waals surface area contributed by atoms with Gasteiger partial charge in [-0.15, -0.1) is 11.3 Å². The summed E-state index contributed by atoms with van der Waals surface area (Å²) in [6.45, 7) is 8.97. The van der Waals surface area contributed by atoms with Crippen LogP contribution in [-0.2, 0) is 32.9 Å². The lowest BCUT2D eigenvalue weighted by molar-refractivity contribution is 0.486. The second-order valence-electron chi connectivity index (χ2n) is 6.12. The first-order valence-electron chi connectivity index (χ1n) is 9.16. The van der Waals surface area contributed by atoms with Crippen molar-refractivity contribution in [1.29, 1.82) is 0 Å². The Kier molecular flexibility index (Phi) is 7.50. The van der Waals surface area contributed by atoms with Crippen molar-refractivity contribution in [2.45, 2.75) is 46.6 Å². The van der Waals surface area contributed by atoms with Crippen LogP contribution in [0.1, 0.15) is 42.6 Å². The van der Waals surface area contributed by atoms with E-state index in [4.69, 9.17) is 4.99 Å². The van der Waals surface area contributed by atoms with Crippen molar-refractivity contribution in [3.05, 3.63) is 39.3 Å². The van der Waals surface area contributed by atoms with Crippen LogP contribution in [0, 0.1) is 0 Å². The van der Waals surface area contributed by atoms with Crippen LogP contribution < -0.4 is 5.32 Å². The summed E-state index contributed by atoms with van der Waals surface area (Å²) in [7, 11) is 4.14. The second kappa shape index (κ2) is 9.61. The van der Waals surface area contributed by atoms with Crippen molar-refractivity contribution in [1.82, 2.24) is 20.0 Å². The largest absolute Gasteiger partial charge is 0.357 e.